The van der Waals surface area contributed by atoms with E-state index in [1.54, 1.807) is 6.07 Å². The third-order valence-electron chi connectivity index (χ3n) is 2.23. The van der Waals surface area contributed by atoms with Crippen molar-refractivity contribution in [3.63, 3.8) is 0 Å². The molecule has 1 atom stereocenters. The molecular formula is C11H12ClNO4. The Hall–Kier alpha value is -1.59. The number of halogens is 1. The quantitative estimate of drug-likeness (QED) is 0.533. The van der Waals surface area contributed by atoms with Crippen molar-refractivity contribution in [3.8, 4) is 0 Å². The highest BCUT2D eigenvalue weighted by Crippen LogP contribution is 2.22. The Kier molecular flexibility index (Phi) is 4.48. The Morgan fingerprint density at radius 3 is 2.53 bits per heavy atom. The van der Waals surface area contributed by atoms with Crippen LogP contribution >= 0.6 is 11.6 Å². The van der Waals surface area contributed by atoms with E-state index in [0.29, 0.717) is 5.56 Å². The van der Waals surface area contributed by atoms with Crippen molar-refractivity contribution in [2.45, 2.75) is 12.5 Å². The zero-order valence-electron chi connectivity index (χ0n) is 8.89. The molecule has 0 saturated heterocycles. The average Bonchev–Trinajstić information content (AvgIpc) is 2.28. The van der Waals surface area contributed by atoms with E-state index in [0.717, 1.165) is 0 Å². The predicted octanol–water partition coefficient (Wildman–Crippen LogP) is 0.737. The van der Waals surface area contributed by atoms with Gasteiger partial charge in [0.15, 0.2) is 11.9 Å². The molecule has 5 nitrogen and oxygen atoms in total. The SMILES string of the molecule is Nc1cc(CC(=O)CCl)ccc1C(O)C(=O)O. The van der Waals surface area contributed by atoms with Crippen molar-refractivity contribution in [3.05, 3.63) is 29.3 Å². The molecule has 0 spiro atoms. The molecule has 0 radical (unpaired) electrons. The third kappa shape index (κ3) is 3.44. The van der Waals surface area contributed by atoms with Crippen LogP contribution in [0.5, 0.6) is 0 Å². The van der Waals surface area contributed by atoms with Crippen molar-refractivity contribution in [2.24, 2.45) is 0 Å². The van der Waals surface area contributed by atoms with Crippen molar-refractivity contribution >= 4 is 29.0 Å². The molecule has 1 rings (SSSR count). The van der Waals surface area contributed by atoms with Gasteiger partial charge in [0.25, 0.3) is 0 Å². The monoisotopic (exact) mass is 257 g/mol. The summed E-state index contributed by atoms with van der Waals surface area (Å²) in [4.78, 5) is 21.7. The number of carbonyl (C=O) groups excluding carboxylic acids is 1. The molecule has 0 heterocycles. The molecule has 0 amide bonds. The highest BCUT2D eigenvalue weighted by molar-refractivity contribution is 6.27. The van der Waals surface area contributed by atoms with Gasteiger partial charge < -0.3 is 15.9 Å². The lowest BCUT2D eigenvalue weighted by molar-refractivity contribution is -0.146. The second-order valence-corrected chi connectivity index (χ2v) is 3.82. The second-order valence-electron chi connectivity index (χ2n) is 3.55. The number of anilines is 1. The smallest absolute Gasteiger partial charge is 0.337 e. The topological polar surface area (TPSA) is 101 Å². The van der Waals surface area contributed by atoms with E-state index >= 15 is 0 Å². The van der Waals surface area contributed by atoms with Gasteiger partial charge >= 0.3 is 5.97 Å². The molecule has 0 aliphatic heterocycles. The average molecular weight is 258 g/mol. The van der Waals surface area contributed by atoms with Crippen LogP contribution in [0.2, 0.25) is 0 Å². The molecule has 4 N–H and O–H groups in total. The number of rotatable bonds is 5. The Labute approximate surface area is 103 Å². The lowest BCUT2D eigenvalue weighted by Gasteiger charge is -2.10. The summed E-state index contributed by atoms with van der Waals surface area (Å²) in [6.07, 6.45) is -1.52. The number of carboxylic acid groups (broad SMARTS) is 1. The first kappa shape index (κ1) is 13.5. The van der Waals surface area contributed by atoms with Gasteiger partial charge in [-0.15, -0.1) is 11.6 Å². The first-order chi connectivity index (χ1) is 7.95. The van der Waals surface area contributed by atoms with Gasteiger partial charge in [-0.3, -0.25) is 4.79 Å². The number of carbonyl (C=O) groups is 2. The first-order valence-corrected chi connectivity index (χ1v) is 5.36. The number of hydrogen-bond acceptors (Lipinski definition) is 4. The summed E-state index contributed by atoms with van der Waals surface area (Å²) in [6, 6.07) is 4.40. The molecule has 0 aromatic heterocycles. The summed E-state index contributed by atoms with van der Waals surface area (Å²) >= 11 is 5.37. The largest absolute Gasteiger partial charge is 0.479 e. The lowest BCUT2D eigenvalue weighted by atomic mass is 10.0. The van der Waals surface area contributed by atoms with E-state index in [-0.39, 0.29) is 29.3 Å². The van der Waals surface area contributed by atoms with Crippen LogP contribution in [-0.4, -0.2) is 27.8 Å². The Bertz CT molecular complexity index is 447. The number of nitrogen functional groups attached to an aromatic ring is 1. The number of hydrogen-bond donors (Lipinski definition) is 3. The number of aliphatic hydroxyl groups excluding tert-OH is 1. The van der Waals surface area contributed by atoms with E-state index < -0.39 is 12.1 Å². The van der Waals surface area contributed by atoms with E-state index in [1.807, 2.05) is 0 Å². The molecule has 0 bridgehead atoms. The zero-order chi connectivity index (χ0) is 13.0. The maximum absolute atomic E-state index is 11.1. The van der Waals surface area contributed by atoms with Crippen LogP contribution in [0.25, 0.3) is 0 Å². The van der Waals surface area contributed by atoms with Crippen LogP contribution in [0.4, 0.5) is 5.69 Å². The molecular weight excluding hydrogens is 246 g/mol. The number of alkyl halides is 1. The van der Waals surface area contributed by atoms with Crippen LogP contribution in [0, 0.1) is 0 Å². The third-order valence-corrected chi connectivity index (χ3v) is 2.53. The molecule has 0 fully saturated rings. The predicted molar refractivity (Wildman–Crippen MR) is 62.9 cm³/mol. The van der Waals surface area contributed by atoms with E-state index in [2.05, 4.69) is 0 Å². The van der Waals surface area contributed by atoms with Crippen molar-refractivity contribution in [2.75, 3.05) is 11.6 Å². The van der Waals surface area contributed by atoms with Crippen LogP contribution in [0.1, 0.15) is 17.2 Å². The van der Waals surface area contributed by atoms with E-state index in [1.165, 1.54) is 12.1 Å². The van der Waals surface area contributed by atoms with Gasteiger partial charge in [-0.2, -0.15) is 0 Å². The standard InChI is InChI=1S/C11H12ClNO4/c12-5-7(14)3-6-1-2-8(9(13)4-6)10(15)11(16)17/h1-2,4,10,15H,3,5,13H2,(H,16,17). The zero-order valence-corrected chi connectivity index (χ0v) is 9.65. The summed E-state index contributed by atoms with van der Waals surface area (Å²) in [6.45, 7) is 0. The number of ketones is 1. The maximum atomic E-state index is 11.1. The van der Waals surface area contributed by atoms with Crippen molar-refractivity contribution in [1.82, 2.24) is 0 Å². The summed E-state index contributed by atoms with van der Waals surface area (Å²) < 4.78 is 0. The molecule has 1 unspecified atom stereocenters. The summed E-state index contributed by atoms with van der Waals surface area (Å²) in [5, 5.41) is 18.0. The molecule has 92 valence electrons. The van der Waals surface area contributed by atoms with Gasteiger partial charge in [-0.1, -0.05) is 12.1 Å². The number of aliphatic carboxylic acids is 1. The van der Waals surface area contributed by atoms with Crippen LogP contribution in [0.3, 0.4) is 0 Å². The van der Waals surface area contributed by atoms with Gasteiger partial charge in [-0.25, -0.2) is 4.79 Å². The Morgan fingerprint density at radius 1 is 1.41 bits per heavy atom. The minimum absolute atomic E-state index is 0.0839. The van der Waals surface area contributed by atoms with Crippen molar-refractivity contribution < 1.29 is 19.8 Å². The summed E-state index contributed by atoms with van der Waals surface area (Å²) in [5.74, 6) is -1.61. The van der Waals surface area contributed by atoms with Crippen LogP contribution in [-0.2, 0) is 16.0 Å². The molecule has 0 aliphatic rings. The van der Waals surface area contributed by atoms with Crippen molar-refractivity contribution in [1.29, 1.82) is 0 Å². The van der Waals surface area contributed by atoms with Crippen LogP contribution < -0.4 is 5.73 Å². The number of nitrogens with two attached hydrogens (primary N) is 1. The van der Waals surface area contributed by atoms with Crippen LogP contribution in [0.15, 0.2) is 18.2 Å². The highest BCUT2D eigenvalue weighted by Gasteiger charge is 2.18. The normalized spacial score (nSPS) is 12.1. The molecule has 17 heavy (non-hydrogen) atoms. The molecule has 0 aliphatic carbocycles. The summed E-state index contributed by atoms with van der Waals surface area (Å²) in [7, 11) is 0. The van der Waals surface area contributed by atoms with E-state index in [4.69, 9.17) is 22.4 Å². The number of Topliss-reactive ketones (excluding diaryl/α,β-unsaturated/α-hetero) is 1. The minimum Gasteiger partial charge on any atom is -0.479 e. The maximum Gasteiger partial charge on any atom is 0.337 e. The minimum atomic E-state index is -1.66. The van der Waals surface area contributed by atoms with Gasteiger partial charge in [0.1, 0.15) is 0 Å². The van der Waals surface area contributed by atoms with Gasteiger partial charge in [0.2, 0.25) is 0 Å². The summed E-state index contributed by atoms with van der Waals surface area (Å²) in [5.41, 5.74) is 6.49. The molecule has 1 aromatic carbocycles. The lowest BCUT2D eigenvalue weighted by Crippen LogP contribution is -2.13. The van der Waals surface area contributed by atoms with Gasteiger partial charge in [-0.05, 0) is 11.6 Å². The number of carboxylic acids is 1. The number of aliphatic hydroxyl groups is 1. The molecule has 6 heteroatoms. The molecule has 0 saturated carbocycles. The second kappa shape index (κ2) is 5.65. The first-order valence-electron chi connectivity index (χ1n) is 4.82. The van der Waals surface area contributed by atoms with E-state index in [9.17, 15) is 14.7 Å². The molecule has 1 aromatic rings. The highest BCUT2D eigenvalue weighted by atomic mass is 35.5. The van der Waals surface area contributed by atoms with Gasteiger partial charge in [0, 0.05) is 17.7 Å². The fourth-order valence-corrected chi connectivity index (χ4v) is 1.49. The van der Waals surface area contributed by atoms with Gasteiger partial charge in [0.05, 0.1) is 5.88 Å². The Morgan fingerprint density at radius 2 is 2.06 bits per heavy atom. The Balaban J connectivity index is 2.94. The fourth-order valence-electron chi connectivity index (χ4n) is 1.39. The number of benzene rings is 1. The fraction of sp³-hybridized carbons (Fsp3) is 0.273.